The molecule has 2 aliphatic rings. The van der Waals surface area contributed by atoms with Crippen molar-refractivity contribution >= 4 is 22.0 Å². The van der Waals surface area contributed by atoms with Crippen molar-refractivity contribution in [3.63, 3.8) is 0 Å². The lowest BCUT2D eigenvalue weighted by Gasteiger charge is -2.29. The normalized spacial score (nSPS) is 31.7. The Morgan fingerprint density at radius 3 is 2.33 bits per heavy atom. The molecule has 0 bridgehead atoms. The predicted molar refractivity (Wildman–Crippen MR) is 85.6 cm³/mol. The first kappa shape index (κ1) is 14.9. The monoisotopic (exact) mass is 352 g/mol. The van der Waals surface area contributed by atoms with Gasteiger partial charge in [0.2, 0.25) is 0 Å². The molecule has 114 valence electrons. The van der Waals surface area contributed by atoms with Gasteiger partial charge < -0.3 is 15.7 Å². The molecule has 0 aliphatic heterocycles. The van der Waals surface area contributed by atoms with E-state index in [1.54, 1.807) is 0 Å². The molecule has 0 spiro atoms. The lowest BCUT2D eigenvalue weighted by molar-refractivity contribution is 0.183. The van der Waals surface area contributed by atoms with E-state index in [1.807, 2.05) is 0 Å². The Bertz CT molecular complexity index is 498. The Kier molecular flexibility index (Phi) is 4.50. The van der Waals surface area contributed by atoms with Crippen LogP contribution in [0, 0.1) is 0 Å². The van der Waals surface area contributed by atoms with Gasteiger partial charge in [-0.2, -0.15) is 0 Å². The smallest absolute Gasteiger partial charge is 0.404 e. The highest BCUT2D eigenvalue weighted by Gasteiger charge is 2.39. The van der Waals surface area contributed by atoms with Crippen LogP contribution in [0.1, 0.15) is 43.6 Å². The predicted octanol–water partition coefficient (Wildman–Crippen LogP) is 3.47. The molecule has 2 fully saturated rings. The van der Waals surface area contributed by atoms with Gasteiger partial charge in [0.25, 0.3) is 0 Å². The molecule has 0 unspecified atom stereocenters. The summed E-state index contributed by atoms with van der Waals surface area (Å²) in [6.07, 6.45) is 4.33. The summed E-state index contributed by atoms with van der Waals surface area (Å²) in [5, 5.41) is 15.1. The van der Waals surface area contributed by atoms with Gasteiger partial charge >= 0.3 is 6.09 Å². The molecule has 2 saturated carbocycles. The second kappa shape index (κ2) is 6.36. The first-order valence-corrected chi connectivity index (χ1v) is 8.42. The third-order valence-corrected chi connectivity index (χ3v) is 5.12. The maximum Gasteiger partial charge on any atom is 0.404 e. The molecule has 2 aliphatic carbocycles. The highest BCUT2D eigenvalue weighted by atomic mass is 79.9. The van der Waals surface area contributed by atoms with Crippen LogP contribution in [0.5, 0.6) is 0 Å². The number of hydrogen-bond acceptors (Lipinski definition) is 2. The van der Waals surface area contributed by atoms with Crippen LogP contribution in [0.3, 0.4) is 0 Å². The van der Waals surface area contributed by atoms with Gasteiger partial charge in [-0.1, -0.05) is 28.1 Å². The van der Waals surface area contributed by atoms with Crippen LogP contribution >= 0.6 is 15.9 Å². The molecule has 0 aromatic heterocycles. The van der Waals surface area contributed by atoms with E-state index in [4.69, 9.17) is 5.11 Å². The van der Waals surface area contributed by atoms with Gasteiger partial charge in [0, 0.05) is 28.5 Å². The summed E-state index contributed by atoms with van der Waals surface area (Å²) < 4.78 is 1.13. The van der Waals surface area contributed by atoms with Gasteiger partial charge in [0.1, 0.15) is 0 Å². The van der Waals surface area contributed by atoms with Gasteiger partial charge in [0.15, 0.2) is 0 Å². The first-order chi connectivity index (χ1) is 10.1. The summed E-state index contributed by atoms with van der Waals surface area (Å²) in [7, 11) is 0. The molecule has 1 aromatic rings. The molecule has 0 heterocycles. The molecule has 1 aromatic carbocycles. The third-order valence-electron chi connectivity index (χ3n) is 4.59. The number of benzene rings is 1. The largest absolute Gasteiger partial charge is 0.465 e. The molecule has 4 nitrogen and oxygen atoms in total. The van der Waals surface area contributed by atoms with Gasteiger partial charge in [-0.3, -0.25) is 0 Å². The van der Waals surface area contributed by atoms with Crippen LogP contribution in [-0.4, -0.2) is 29.3 Å². The summed E-state index contributed by atoms with van der Waals surface area (Å²) >= 11 is 3.47. The van der Waals surface area contributed by atoms with Crippen molar-refractivity contribution in [3.05, 3.63) is 34.3 Å². The van der Waals surface area contributed by atoms with Crippen LogP contribution in [0.2, 0.25) is 0 Å². The van der Waals surface area contributed by atoms with Crippen LogP contribution < -0.4 is 10.6 Å². The van der Waals surface area contributed by atoms with E-state index in [0.717, 1.165) is 30.2 Å². The minimum absolute atomic E-state index is 0.141. The molecule has 21 heavy (non-hydrogen) atoms. The van der Waals surface area contributed by atoms with Crippen molar-refractivity contribution in [2.24, 2.45) is 0 Å². The van der Waals surface area contributed by atoms with E-state index >= 15 is 0 Å². The van der Waals surface area contributed by atoms with Gasteiger partial charge in [-0.25, -0.2) is 4.79 Å². The SMILES string of the molecule is O=C(O)N[C@H]1CC[C@@H](N[C@@H]2C[C@H]2c2ccc(Br)cc2)CC1. The van der Waals surface area contributed by atoms with E-state index in [2.05, 4.69) is 50.8 Å². The number of carboxylic acid groups (broad SMARTS) is 1. The third kappa shape index (κ3) is 3.98. The topological polar surface area (TPSA) is 61.4 Å². The van der Waals surface area contributed by atoms with Gasteiger partial charge in [-0.15, -0.1) is 0 Å². The van der Waals surface area contributed by atoms with E-state index in [0.29, 0.717) is 18.0 Å². The van der Waals surface area contributed by atoms with Crippen molar-refractivity contribution in [1.82, 2.24) is 10.6 Å². The zero-order valence-electron chi connectivity index (χ0n) is 11.9. The highest BCUT2D eigenvalue weighted by Crippen LogP contribution is 2.42. The standard InChI is InChI=1S/C16H21BrN2O2/c17-11-3-1-10(2-4-11)14-9-15(14)18-12-5-7-13(8-6-12)19-16(20)21/h1-4,12-15,18-19H,5-9H2,(H,20,21)/t12-,13+,14-,15+/m0/s1. The summed E-state index contributed by atoms with van der Waals surface area (Å²) in [4.78, 5) is 10.6. The zero-order valence-corrected chi connectivity index (χ0v) is 13.5. The minimum Gasteiger partial charge on any atom is -0.465 e. The zero-order chi connectivity index (χ0) is 14.8. The van der Waals surface area contributed by atoms with Crippen LogP contribution in [0.15, 0.2) is 28.7 Å². The van der Waals surface area contributed by atoms with E-state index in [9.17, 15) is 4.79 Å². The molecule has 1 amide bonds. The molecule has 3 rings (SSSR count). The second-order valence-corrected chi connectivity index (χ2v) is 7.08. The van der Waals surface area contributed by atoms with E-state index < -0.39 is 6.09 Å². The number of rotatable bonds is 4. The molecule has 0 radical (unpaired) electrons. The summed E-state index contributed by atoms with van der Waals surface area (Å²) in [5.74, 6) is 0.646. The molecule has 2 atom stereocenters. The number of carbonyl (C=O) groups is 1. The Morgan fingerprint density at radius 1 is 1.10 bits per heavy atom. The van der Waals surface area contributed by atoms with Crippen LogP contribution in [0.25, 0.3) is 0 Å². The van der Waals surface area contributed by atoms with Crippen molar-refractivity contribution in [3.8, 4) is 0 Å². The lowest BCUT2D eigenvalue weighted by atomic mass is 9.91. The van der Waals surface area contributed by atoms with Gasteiger partial charge in [-0.05, 0) is 49.8 Å². The average Bonchev–Trinajstić information content (AvgIpc) is 3.20. The molecular weight excluding hydrogens is 332 g/mol. The first-order valence-electron chi connectivity index (χ1n) is 7.63. The number of nitrogens with one attached hydrogen (secondary N) is 2. The maximum atomic E-state index is 10.6. The van der Waals surface area contributed by atoms with Crippen molar-refractivity contribution < 1.29 is 9.90 Å². The molecule has 5 heteroatoms. The summed E-state index contributed by atoms with van der Waals surface area (Å²) in [6.45, 7) is 0. The number of amides is 1. The van der Waals surface area contributed by atoms with Crippen molar-refractivity contribution in [2.45, 2.75) is 56.1 Å². The number of hydrogen-bond donors (Lipinski definition) is 3. The summed E-state index contributed by atoms with van der Waals surface area (Å²) in [6, 6.07) is 9.89. The van der Waals surface area contributed by atoms with Crippen LogP contribution in [-0.2, 0) is 0 Å². The maximum absolute atomic E-state index is 10.6. The van der Waals surface area contributed by atoms with Crippen molar-refractivity contribution in [2.75, 3.05) is 0 Å². The fourth-order valence-corrected chi connectivity index (χ4v) is 3.60. The van der Waals surface area contributed by atoms with E-state index in [-0.39, 0.29) is 6.04 Å². The number of halogens is 1. The highest BCUT2D eigenvalue weighted by molar-refractivity contribution is 9.10. The molecule has 0 saturated heterocycles. The quantitative estimate of drug-likeness (QED) is 0.777. The average molecular weight is 353 g/mol. The Morgan fingerprint density at radius 2 is 1.71 bits per heavy atom. The fourth-order valence-electron chi connectivity index (χ4n) is 3.34. The Hall–Kier alpha value is -1.07. The molecule has 3 N–H and O–H groups in total. The van der Waals surface area contributed by atoms with Gasteiger partial charge in [0.05, 0.1) is 0 Å². The van der Waals surface area contributed by atoms with Crippen LogP contribution in [0.4, 0.5) is 4.79 Å². The Balaban J connectivity index is 1.43. The second-order valence-electron chi connectivity index (χ2n) is 6.16. The van der Waals surface area contributed by atoms with E-state index in [1.165, 1.54) is 12.0 Å². The Labute approximate surface area is 133 Å². The molecular formula is C16H21BrN2O2. The summed E-state index contributed by atoms with van der Waals surface area (Å²) in [5.41, 5.74) is 1.41. The van der Waals surface area contributed by atoms with Crippen molar-refractivity contribution in [1.29, 1.82) is 0 Å². The lowest BCUT2D eigenvalue weighted by Crippen LogP contribution is -2.42. The fraction of sp³-hybridized carbons (Fsp3) is 0.562. The minimum atomic E-state index is -0.899.